The summed E-state index contributed by atoms with van der Waals surface area (Å²) in [6.45, 7) is 3.53. The number of carbonyl (C=O) groups is 2. The second kappa shape index (κ2) is 38.5. The van der Waals surface area contributed by atoms with Gasteiger partial charge in [-0.2, -0.15) is 0 Å². The van der Waals surface area contributed by atoms with Crippen LogP contribution in [0.2, 0.25) is 0 Å². The number of phosphoric acid groups is 1. The molecule has 0 aliphatic carbocycles. The Morgan fingerprint density at radius 3 is 1.60 bits per heavy atom. The van der Waals surface area contributed by atoms with Crippen LogP contribution in [0, 0.1) is 0 Å². The first-order valence-corrected chi connectivity index (χ1v) is 22.9. The lowest BCUT2D eigenvalue weighted by atomic mass is 10.0. The highest BCUT2D eigenvalue weighted by atomic mass is 31.2. The largest absolute Gasteiger partial charge is 0.469 e. The molecule has 0 bridgehead atoms. The summed E-state index contributed by atoms with van der Waals surface area (Å²) in [5, 5.41) is 10.2. The number of hydrogen-bond donors (Lipinski definition) is 3. The van der Waals surface area contributed by atoms with Crippen LogP contribution in [0.15, 0.2) is 36.5 Å². The number of unbranched alkanes of at least 4 members (excludes halogenated alkanes) is 22. The summed E-state index contributed by atoms with van der Waals surface area (Å²) in [7, 11) is -4.80. The number of hydrogen-bond acceptors (Lipinski definition) is 7. The van der Waals surface area contributed by atoms with Gasteiger partial charge in [0.2, 0.25) is 0 Å². The molecule has 0 amide bonds. The first kappa shape index (κ1) is 51.2. The third-order valence-corrected chi connectivity index (χ3v) is 9.75. The molecule has 0 fully saturated rings. The normalized spacial score (nSPS) is 13.4. The fourth-order valence-electron chi connectivity index (χ4n) is 6.03. The molecule has 9 nitrogen and oxygen atoms in total. The van der Waals surface area contributed by atoms with Gasteiger partial charge >= 0.3 is 19.8 Å². The molecule has 0 radical (unpaired) electrons. The van der Waals surface area contributed by atoms with Gasteiger partial charge in [0.1, 0.15) is 6.61 Å². The standard InChI is InChI=1S/C43H79O9P/c1-3-5-7-9-11-13-15-17-18-19-20-22-24-26-28-30-32-36-43(46)52-41(39-51-53(47,48)49)38-50-42(45)37-33-35-40(44)34-31-29-27-25-23-21-16-14-12-10-8-6-4-2/h21,23,27,29,31,34,40-41,44H,3-20,22,24-26,28,30,32-33,35-39H2,1-2H3,(H2,47,48,49)/b23-21+,29-27+,34-31+/t40?,41-/m1/s1. The minimum Gasteiger partial charge on any atom is -0.462 e. The van der Waals surface area contributed by atoms with E-state index in [9.17, 15) is 19.3 Å². The molecule has 53 heavy (non-hydrogen) atoms. The summed E-state index contributed by atoms with van der Waals surface area (Å²) in [6, 6.07) is 0. The molecular formula is C43H79O9P. The van der Waals surface area contributed by atoms with Crippen molar-refractivity contribution in [2.45, 2.75) is 212 Å². The third-order valence-electron chi connectivity index (χ3n) is 9.27. The van der Waals surface area contributed by atoms with Gasteiger partial charge in [-0.05, 0) is 38.5 Å². The summed E-state index contributed by atoms with van der Waals surface area (Å²) < 4.78 is 26.3. The number of allylic oxidation sites excluding steroid dienone is 5. The van der Waals surface area contributed by atoms with Gasteiger partial charge in [-0.3, -0.25) is 14.1 Å². The third kappa shape index (κ3) is 41.2. The maximum Gasteiger partial charge on any atom is 0.469 e. The van der Waals surface area contributed by atoms with Crippen LogP contribution in [0.25, 0.3) is 0 Å². The van der Waals surface area contributed by atoms with Crippen molar-refractivity contribution >= 4 is 19.8 Å². The Balaban J connectivity index is 4.07. The lowest BCUT2D eigenvalue weighted by molar-refractivity contribution is -0.161. The molecular weight excluding hydrogens is 691 g/mol. The Bertz CT molecular complexity index is 975. The molecule has 0 aromatic rings. The van der Waals surface area contributed by atoms with Crippen LogP contribution in [-0.2, 0) is 28.2 Å². The van der Waals surface area contributed by atoms with E-state index in [2.05, 4.69) is 30.5 Å². The molecule has 310 valence electrons. The number of esters is 2. The van der Waals surface area contributed by atoms with E-state index in [0.29, 0.717) is 19.3 Å². The van der Waals surface area contributed by atoms with Gasteiger partial charge in [0.15, 0.2) is 6.10 Å². The lowest BCUT2D eigenvalue weighted by Crippen LogP contribution is -2.29. The molecule has 0 aromatic carbocycles. The summed E-state index contributed by atoms with van der Waals surface area (Å²) in [6.07, 6.45) is 41.8. The Kier molecular flexibility index (Phi) is 37.2. The van der Waals surface area contributed by atoms with Gasteiger partial charge in [-0.1, -0.05) is 185 Å². The van der Waals surface area contributed by atoms with Crippen molar-refractivity contribution < 1.29 is 43.0 Å². The fourth-order valence-corrected chi connectivity index (χ4v) is 6.39. The van der Waals surface area contributed by atoms with E-state index in [4.69, 9.17) is 19.3 Å². The van der Waals surface area contributed by atoms with Crippen LogP contribution in [0.5, 0.6) is 0 Å². The first-order chi connectivity index (χ1) is 25.7. The van der Waals surface area contributed by atoms with E-state index >= 15 is 0 Å². The number of aliphatic hydroxyl groups is 1. The summed E-state index contributed by atoms with van der Waals surface area (Å²) in [4.78, 5) is 42.9. The monoisotopic (exact) mass is 771 g/mol. The number of phosphoric ester groups is 1. The van der Waals surface area contributed by atoms with Crippen molar-refractivity contribution in [2.24, 2.45) is 0 Å². The highest BCUT2D eigenvalue weighted by molar-refractivity contribution is 7.46. The van der Waals surface area contributed by atoms with Gasteiger partial charge in [0.05, 0.1) is 12.7 Å². The van der Waals surface area contributed by atoms with E-state index < -0.39 is 38.6 Å². The molecule has 2 atom stereocenters. The van der Waals surface area contributed by atoms with Crippen molar-refractivity contribution in [3.05, 3.63) is 36.5 Å². The highest BCUT2D eigenvalue weighted by Crippen LogP contribution is 2.36. The molecule has 0 aliphatic heterocycles. The molecule has 0 saturated heterocycles. The van der Waals surface area contributed by atoms with Crippen molar-refractivity contribution in [3.8, 4) is 0 Å². The Morgan fingerprint density at radius 2 is 1.08 bits per heavy atom. The van der Waals surface area contributed by atoms with Crippen LogP contribution in [0.1, 0.15) is 200 Å². The Hall–Kier alpha value is -1.77. The SMILES string of the molecule is CCCCCCCC/C=C/C/C=C/C=C/C(O)CCCC(=O)OC[C@H](COP(=O)(O)O)OC(=O)CCCCCCCCCCCCCCCCCCC. The summed E-state index contributed by atoms with van der Waals surface area (Å²) in [5.41, 5.74) is 0. The van der Waals surface area contributed by atoms with E-state index in [-0.39, 0.29) is 19.4 Å². The smallest absolute Gasteiger partial charge is 0.462 e. The molecule has 10 heteroatoms. The second-order valence-corrected chi connectivity index (χ2v) is 15.8. The molecule has 0 rings (SSSR count). The molecule has 0 heterocycles. The van der Waals surface area contributed by atoms with Gasteiger partial charge < -0.3 is 24.4 Å². The van der Waals surface area contributed by atoms with Crippen molar-refractivity contribution in [1.29, 1.82) is 0 Å². The second-order valence-electron chi connectivity index (χ2n) is 14.5. The predicted molar refractivity (Wildman–Crippen MR) is 218 cm³/mol. The zero-order chi connectivity index (χ0) is 39.1. The number of rotatable bonds is 39. The highest BCUT2D eigenvalue weighted by Gasteiger charge is 2.23. The average Bonchev–Trinajstić information content (AvgIpc) is 3.12. The zero-order valence-electron chi connectivity index (χ0n) is 33.8. The lowest BCUT2D eigenvalue weighted by Gasteiger charge is -2.18. The van der Waals surface area contributed by atoms with Gasteiger partial charge in [-0.25, -0.2) is 4.57 Å². The summed E-state index contributed by atoms with van der Waals surface area (Å²) >= 11 is 0. The van der Waals surface area contributed by atoms with Crippen molar-refractivity contribution in [3.63, 3.8) is 0 Å². The Labute approximate surface area is 324 Å². The first-order valence-electron chi connectivity index (χ1n) is 21.4. The van der Waals surface area contributed by atoms with Crippen LogP contribution < -0.4 is 0 Å². The van der Waals surface area contributed by atoms with E-state index in [1.54, 1.807) is 12.2 Å². The number of ether oxygens (including phenoxy) is 2. The molecule has 0 aliphatic rings. The molecule has 3 N–H and O–H groups in total. The average molecular weight is 771 g/mol. The molecule has 1 unspecified atom stereocenters. The van der Waals surface area contributed by atoms with Gasteiger partial charge in [-0.15, -0.1) is 0 Å². The van der Waals surface area contributed by atoms with Gasteiger partial charge in [0.25, 0.3) is 0 Å². The van der Waals surface area contributed by atoms with Crippen LogP contribution in [-0.4, -0.2) is 52.3 Å². The van der Waals surface area contributed by atoms with Crippen molar-refractivity contribution in [2.75, 3.05) is 13.2 Å². The molecule has 0 saturated carbocycles. The zero-order valence-corrected chi connectivity index (χ0v) is 34.7. The van der Waals surface area contributed by atoms with E-state index in [0.717, 1.165) is 32.1 Å². The molecule has 0 spiro atoms. The van der Waals surface area contributed by atoms with Crippen LogP contribution in [0.4, 0.5) is 0 Å². The maximum absolute atomic E-state index is 12.4. The topological polar surface area (TPSA) is 140 Å². The van der Waals surface area contributed by atoms with E-state index in [1.807, 2.05) is 12.2 Å². The predicted octanol–water partition coefficient (Wildman–Crippen LogP) is 11.9. The van der Waals surface area contributed by atoms with Gasteiger partial charge in [0, 0.05) is 12.8 Å². The number of aliphatic hydroxyl groups excluding tert-OH is 1. The minimum absolute atomic E-state index is 0.0450. The molecule has 0 aromatic heterocycles. The van der Waals surface area contributed by atoms with Crippen molar-refractivity contribution in [1.82, 2.24) is 0 Å². The number of carbonyl (C=O) groups excluding carboxylic acids is 2. The minimum atomic E-state index is -4.80. The summed E-state index contributed by atoms with van der Waals surface area (Å²) in [5.74, 6) is -1.08. The van der Waals surface area contributed by atoms with Crippen LogP contribution in [0.3, 0.4) is 0 Å². The fraction of sp³-hybridized carbons (Fsp3) is 0.814. The van der Waals surface area contributed by atoms with Crippen LogP contribution >= 0.6 is 7.82 Å². The Morgan fingerprint density at radius 1 is 0.585 bits per heavy atom. The van der Waals surface area contributed by atoms with E-state index in [1.165, 1.54) is 122 Å². The quantitative estimate of drug-likeness (QED) is 0.0183. The maximum atomic E-state index is 12.4.